The maximum atomic E-state index is 12.9. The molecule has 30 heavy (non-hydrogen) atoms. The smallest absolute Gasteiger partial charge is 0.237 e. The first-order valence-corrected chi connectivity index (χ1v) is 10.7. The topological polar surface area (TPSA) is 55.9 Å². The highest BCUT2D eigenvalue weighted by molar-refractivity contribution is 5.88. The van der Waals surface area contributed by atoms with Crippen molar-refractivity contribution in [3.8, 4) is 0 Å². The maximum absolute atomic E-state index is 12.9. The number of amides is 2. The van der Waals surface area contributed by atoms with Gasteiger partial charge in [-0.25, -0.2) is 0 Å². The molecule has 2 aromatic carbocycles. The molecule has 2 aliphatic rings. The lowest BCUT2D eigenvalue weighted by Crippen LogP contribution is -2.56. The molecule has 158 valence electrons. The second-order valence-corrected chi connectivity index (χ2v) is 8.13. The summed E-state index contributed by atoms with van der Waals surface area (Å²) < 4.78 is 0. The molecule has 1 unspecified atom stereocenters. The average Bonchev–Trinajstić information content (AvgIpc) is 2.78. The van der Waals surface area contributed by atoms with Crippen LogP contribution in [0.2, 0.25) is 0 Å². The van der Waals surface area contributed by atoms with Gasteiger partial charge in [0.25, 0.3) is 0 Å². The van der Waals surface area contributed by atoms with Gasteiger partial charge in [0.1, 0.15) is 0 Å². The lowest BCUT2D eigenvalue weighted by molar-refractivity contribution is -0.139. The number of hydrogen-bond donors (Lipinski definition) is 1. The number of piperazine rings is 2. The summed E-state index contributed by atoms with van der Waals surface area (Å²) in [6.45, 7) is 4.44. The van der Waals surface area contributed by atoms with E-state index < -0.39 is 0 Å². The minimum absolute atomic E-state index is 0.0380. The minimum Gasteiger partial charge on any atom is -0.353 e. The summed E-state index contributed by atoms with van der Waals surface area (Å²) >= 11 is 0. The van der Waals surface area contributed by atoms with Gasteiger partial charge in [0, 0.05) is 39.3 Å². The fourth-order valence-electron chi connectivity index (χ4n) is 4.49. The molecule has 0 aliphatic carbocycles. The normalized spacial score (nSPS) is 20.9. The molecule has 6 nitrogen and oxygen atoms in total. The summed E-state index contributed by atoms with van der Waals surface area (Å²) in [5.41, 5.74) is 2.54. The lowest BCUT2D eigenvalue weighted by Gasteiger charge is -2.40. The standard InChI is InChI=1S/C24H30N4O2/c1-26-13-12-25-24(30)21(26)18-22(29)27-14-16-28(17-15-27)23(19-8-4-2-5-9-19)20-10-6-3-7-11-20/h2-11,21,23H,12-18H2,1H3,(H,25,30). The number of nitrogens with zero attached hydrogens (tertiary/aromatic N) is 3. The van der Waals surface area contributed by atoms with Crippen LogP contribution in [0.1, 0.15) is 23.6 Å². The Morgan fingerprint density at radius 1 is 0.933 bits per heavy atom. The van der Waals surface area contributed by atoms with Gasteiger partial charge in [0.15, 0.2) is 0 Å². The van der Waals surface area contributed by atoms with Crippen LogP contribution in [0.25, 0.3) is 0 Å². The highest BCUT2D eigenvalue weighted by atomic mass is 16.2. The monoisotopic (exact) mass is 406 g/mol. The Labute approximate surface area is 178 Å². The fourth-order valence-corrected chi connectivity index (χ4v) is 4.49. The highest BCUT2D eigenvalue weighted by Gasteiger charge is 2.33. The molecular weight excluding hydrogens is 376 g/mol. The molecule has 4 rings (SSSR count). The van der Waals surface area contributed by atoms with Gasteiger partial charge in [0.05, 0.1) is 18.5 Å². The first-order chi connectivity index (χ1) is 14.6. The molecule has 0 radical (unpaired) electrons. The predicted molar refractivity (Wildman–Crippen MR) is 117 cm³/mol. The van der Waals surface area contributed by atoms with Crippen molar-refractivity contribution in [3.63, 3.8) is 0 Å². The van der Waals surface area contributed by atoms with E-state index >= 15 is 0 Å². The molecule has 6 heteroatoms. The molecule has 2 aromatic rings. The maximum Gasteiger partial charge on any atom is 0.237 e. The van der Waals surface area contributed by atoms with Crippen molar-refractivity contribution in [1.82, 2.24) is 20.0 Å². The molecular formula is C24H30N4O2. The van der Waals surface area contributed by atoms with Gasteiger partial charge in [-0.3, -0.25) is 19.4 Å². The first-order valence-electron chi connectivity index (χ1n) is 10.7. The van der Waals surface area contributed by atoms with Crippen molar-refractivity contribution in [2.45, 2.75) is 18.5 Å². The lowest BCUT2D eigenvalue weighted by atomic mass is 9.96. The fraction of sp³-hybridized carbons (Fsp3) is 0.417. The minimum atomic E-state index is -0.356. The third kappa shape index (κ3) is 4.55. The van der Waals surface area contributed by atoms with Crippen LogP contribution in [-0.4, -0.2) is 78.9 Å². The Morgan fingerprint density at radius 3 is 2.03 bits per heavy atom. The van der Waals surface area contributed by atoms with E-state index in [-0.39, 0.29) is 30.3 Å². The summed E-state index contributed by atoms with van der Waals surface area (Å²) in [4.78, 5) is 31.4. The SMILES string of the molecule is CN1CCNC(=O)C1CC(=O)N1CCN(C(c2ccccc2)c2ccccc2)CC1. The molecule has 1 atom stereocenters. The number of benzene rings is 2. The molecule has 2 fully saturated rings. The summed E-state index contributed by atoms with van der Waals surface area (Å²) in [6.07, 6.45) is 0.253. The van der Waals surface area contributed by atoms with E-state index in [1.165, 1.54) is 11.1 Å². The quantitative estimate of drug-likeness (QED) is 0.822. The van der Waals surface area contributed by atoms with Crippen LogP contribution in [0.4, 0.5) is 0 Å². The van der Waals surface area contributed by atoms with E-state index in [1.54, 1.807) is 0 Å². The molecule has 2 amide bonds. The number of carbonyl (C=O) groups excluding carboxylic acids is 2. The van der Waals surface area contributed by atoms with Crippen molar-refractivity contribution < 1.29 is 9.59 Å². The Morgan fingerprint density at radius 2 is 1.50 bits per heavy atom. The van der Waals surface area contributed by atoms with Crippen LogP contribution in [-0.2, 0) is 9.59 Å². The van der Waals surface area contributed by atoms with E-state index in [9.17, 15) is 9.59 Å². The van der Waals surface area contributed by atoms with E-state index in [4.69, 9.17) is 0 Å². The van der Waals surface area contributed by atoms with Crippen LogP contribution in [0.3, 0.4) is 0 Å². The Bertz CT molecular complexity index is 811. The van der Waals surface area contributed by atoms with Gasteiger partial charge in [-0.05, 0) is 18.2 Å². The van der Waals surface area contributed by atoms with E-state index in [1.807, 2.05) is 29.0 Å². The van der Waals surface area contributed by atoms with Crippen LogP contribution in [0.5, 0.6) is 0 Å². The second kappa shape index (κ2) is 9.41. The van der Waals surface area contributed by atoms with Crippen LogP contribution in [0.15, 0.2) is 60.7 Å². The molecule has 0 spiro atoms. The Hall–Kier alpha value is -2.70. The van der Waals surface area contributed by atoms with Gasteiger partial charge in [0.2, 0.25) is 11.8 Å². The van der Waals surface area contributed by atoms with Crippen molar-refractivity contribution in [2.75, 3.05) is 46.3 Å². The average molecular weight is 407 g/mol. The van der Waals surface area contributed by atoms with Gasteiger partial charge in [-0.15, -0.1) is 0 Å². The van der Waals surface area contributed by atoms with Crippen LogP contribution in [0, 0.1) is 0 Å². The van der Waals surface area contributed by atoms with E-state index in [0.717, 1.165) is 19.6 Å². The largest absolute Gasteiger partial charge is 0.353 e. The van der Waals surface area contributed by atoms with Gasteiger partial charge < -0.3 is 10.2 Å². The zero-order chi connectivity index (χ0) is 20.9. The Kier molecular flexibility index (Phi) is 6.45. The Balaban J connectivity index is 1.42. The molecule has 2 aliphatic heterocycles. The zero-order valence-electron chi connectivity index (χ0n) is 17.5. The molecule has 2 heterocycles. The van der Waals surface area contributed by atoms with Gasteiger partial charge in [-0.1, -0.05) is 60.7 Å². The van der Waals surface area contributed by atoms with Gasteiger partial charge in [-0.2, -0.15) is 0 Å². The molecule has 0 aromatic heterocycles. The van der Waals surface area contributed by atoms with Crippen molar-refractivity contribution >= 4 is 11.8 Å². The van der Waals surface area contributed by atoms with E-state index in [2.05, 4.69) is 58.7 Å². The molecule has 2 saturated heterocycles. The van der Waals surface area contributed by atoms with Crippen LogP contribution >= 0.6 is 0 Å². The van der Waals surface area contributed by atoms with Gasteiger partial charge >= 0.3 is 0 Å². The predicted octanol–water partition coefficient (Wildman–Crippen LogP) is 1.74. The molecule has 0 saturated carbocycles. The number of carbonyl (C=O) groups is 2. The summed E-state index contributed by atoms with van der Waals surface area (Å²) in [7, 11) is 1.92. The van der Waals surface area contributed by atoms with Crippen molar-refractivity contribution in [1.29, 1.82) is 0 Å². The number of rotatable bonds is 5. The first kappa shape index (κ1) is 20.6. The number of hydrogen-bond acceptors (Lipinski definition) is 4. The summed E-state index contributed by atoms with van der Waals surface area (Å²) in [6, 6.07) is 20.9. The number of likely N-dealkylation sites (N-methyl/N-ethyl adjacent to an activating group) is 1. The van der Waals surface area contributed by atoms with E-state index in [0.29, 0.717) is 19.6 Å². The molecule has 0 bridgehead atoms. The van der Waals surface area contributed by atoms with Crippen LogP contribution < -0.4 is 5.32 Å². The second-order valence-electron chi connectivity index (χ2n) is 8.13. The zero-order valence-corrected chi connectivity index (χ0v) is 17.5. The van der Waals surface area contributed by atoms with Crippen molar-refractivity contribution in [3.05, 3.63) is 71.8 Å². The molecule has 1 N–H and O–H groups in total. The van der Waals surface area contributed by atoms with Crippen molar-refractivity contribution in [2.24, 2.45) is 0 Å². The number of nitrogens with one attached hydrogen (secondary N) is 1. The highest BCUT2D eigenvalue weighted by Crippen LogP contribution is 2.29. The third-order valence-electron chi connectivity index (χ3n) is 6.23. The summed E-state index contributed by atoms with van der Waals surface area (Å²) in [5, 5.41) is 2.87. The third-order valence-corrected chi connectivity index (χ3v) is 6.23. The summed E-state index contributed by atoms with van der Waals surface area (Å²) in [5.74, 6) is 0.0310.